The largest absolute Gasteiger partial charge is 0.331 e. The highest BCUT2D eigenvalue weighted by Crippen LogP contribution is 2.43. The van der Waals surface area contributed by atoms with Gasteiger partial charge in [0.05, 0.1) is 22.8 Å². The molecule has 2 saturated heterocycles. The first-order chi connectivity index (χ1) is 15.8. The normalized spacial score (nSPS) is 22.2. The molecule has 3 atom stereocenters. The summed E-state index contributed by atoms with van der Waals surface area (Å²) in [4.78, 5) is 25.3. The zero-order valence-electron chi connectivity index (χ0n) is 17.7. The van der Waals surface area contributed by atoms with E-state index in [1.54, 1.807) is 12.4 Å². The molecule has 0 bridgehead atoms. The van der Waals surface area contributed by atoms with E-state index in [4.69, 9.17) is 4.98 Å². The lowest BCUT2D eigenvalue weighted by molar-refractivity contribution is 0.0716. The van der Waals surface area contributed by atoms with E-state index in [0.717, 1.165) is 41.8 Å². The molecule has 2 aromatic heterocycles. The maximum atomic E-state index is 14.1. The van der Waals surface area contributed by atoms with Crippen LogP contribution in [0.25, 0.3) is 22.2 Å². The first-order valence-corrected chi connectivity index (χ1v) is 11.2. The van der Waals surface area contributed by atoms with Crippen LogP contribution in [0.4, 0.5) is 0 Å². The summed E-state index contributed by atoms with van der Waals surface area (Å²) in [7, 11) is 0. The molecular formula is C27H24N4O. The van der Waals surface area contributed by atoms with E-state index in [1.807, 2.05) is 48.5 Å². The molecule has 0 radical (unpaired) electrons. The van der Waals surface area contributed by atoms with Crippen molar-refractivity contribution in [1.29, 1.82) is 0 Å². The van der Waals surface area contributed by atoms with E-state index in [2.05, 4.69) is 39.5 Å². The minimum absolute atomic E-state index is 0.0805. The van der Waals surface area contributed by atoms with Gasteiger partial charge in [-0.3, -0.25) is 9.78 Å². The maximum Gasteiger partial charge on any atom is 0.255 e. The minimum atomic E-state index is 0.0805. The average molecular weight is 421 g/mol. The Kier molecular flexibility index (Phi) is 4.69. The van der Waals surface area contributed by atoms with Crippen LogP contribution in [0.15, 0.2) is 85.2 Å². The number of rotatable bonds is 3. The number of likely N-dealkylation sites (tertiary alicyclic amines) is 1. The molecule has 2 aromatic carbocycles. The maximum absolute atomic E-state index is 14.1. The third-order valence-electron chi connectivity index (χ3n) is 6.87. The molecule has 2 aliphatic rings. The van der Waals surface area contributed by atoms with Crippen LogP contribution in [-0.4, -0.2) is 40.4 Å². The first-order valence-electron chi connectivity index (χ1n) is 11.2. The molecule has 6 rings (SSSR count). The lowest BCUT2D eigenvalue weighted by atomic mass is 9.89. The topological polar surface area (TPSA) is 58.1 Å². The molecule has 0 aliphatic carbocycles. The molecule has 0 unspecified atom stereocenters. The van der Waals surface area contributed by atoms with Crippen LogP contribution >= 0.6 is 0 Å². The van der Waals surface area contributed by atoms with Gasteiger partial charge in [0.25, 0.3) is 5.91 Å². The number of hydrogen-bond acceptors (Lipinski definition) is 4. The van der Waals surface area contributed by atoms with E-state index >= 15 is 0 Å². The molecule has 1 N–H and O–H groups in total. The van der Waals surface area contributed by atoms with Crippen molar-refractivity contribution in [3.8, 4) is 11.3 Å². The predicted octanol–water partition coefficient (Wildman–Crippen LogP) is 4.33. The number of carbonyl (C=O) groups is 1. The highest BCUT2D eigenvalue weighted by atomic mass is 16.2. The zero-order chi connectivity index (χ0) is 21.5. The van der Waals surface area contributed by atoms with Crippen molar-refractivity contribution in [3.05, 3.63) is 96.3 Å². The van der Waals surface area contributed by atoms with Gasteiger partial charge in [0.1, 0.15) is 0 Å². The Hall–Kier alpha value is -3.57. The number of nitrogens with zero attached hydrogens (tertiary/aromatic N) is 3. The monoisotopic (exact) mass is 420 g/mol. The van der Waals surface area contributed by atoms with Crippen molar-refractivity contribution in [2.75, 3.05) is 19.6 Å². The van der Waals surface area contributed by atoms with E-state index < -0.39 is 0 Å². The van der Waals surface area contributed by atoms with Gasteiger partial charge < -0.3 is 10.2 Å². The molecule has 158 valence electrons. The van der Waals surface area contributed by atoms with Crippen molar-refractivity contribution in [2.45, 2.75) is 6.04 Å². The fourth-order valence-corrected chi connectivity index (χ4v) is 5.38. The van der Waals surface area contributed by atoms with E-state index in [-0.39, 0.29) is 11.9 Å². The summed E-state index contributed by atoms with van der Waals surface area (Å²) in [6.07, 6.45) is 3.54. The summed E-state index contributed by atoms with van der Waals surface area (Å²) >= 11 is 0. The lowest BCUT2D eigenvalue weighted by Crippen LogP contribution is -2.34. The van der Waals surface area contributed by atoms with E-state index in [9.17, 15) is 4.79 Å². The fraction of sp³-hybridized carbons (Fsp3) is 0.222. The number of carbonyl (C=O) groups excluding carboxylic acids is 1. The molecule has 0 saturated carbocycles. The van der Waals surface area contributed by atoms with Gasteiger partial charge in [-0.15, -0.1) is 0 Å². The van der Waals surface area contributed by atoms with E-state index in [1.165, 1.54) is 5.56 Å². The van der Waals surface area contributed by atoms with Crippen molar-refractivity contribution in [3.63, 3.8) is 0 Å². The van der Waals surface area contributed by atoms with E-state index in [0.29, 0.717) is 17.4 Å². The quantitative estimate of drug-likeness (QED) is 0.536. The van der Waals surface area contributed by atoms with Crippen LogP contribution in [-0.2, 0) is 0 Å². The standard InChI is InChI=1S/C27H24N4O/c32-27(31-17-20-15-29-16-23(20)26(31)18-7-2-1-3-8-18)22-13-25(19-9-6-12-28-14-19)30-24-11-5-4-10-21(22)24/h1-14,20,23,26,29H,15-17H2/t20-,23-,26-/m0/s1. The van der Waals surface area contributed by atoms with Gasteiger partial charge in [0.15, 0.2) is 0 Å². The summed E-state index contributed by atoms with van der Waals surface area (Å²) in [5.41, 5.74) is 4.44. The van der Waals surface area contributed by atoms with Crippen molar-refractivity contribution < 1.29 is 4.79 Å². The summed E-state index contributed by atoms with van der Waals surface area (Å²) in [5.74, 6) is 0.999. The Morgan fingerprint density at radius 1 is 0.969 bits per heavy atom. The Balaban J connectivity index is 1.47. The van der Waals surface area contributed by atoms with Gasteiger partial charge in [0, 0.05) is 48.9 Å². The van der Waals surface area contributed by atoms with Crippen molar-refractivity contribution in [1.82, 2.24) is 20.2 Å². The van der Waals surface area contributed by atoms with Crippen LogP contribution in [0.5, 0.6) is 0 Å². The number of hydrogen-bond donors (Lipinski definition) is 1. The lowest BCUT2D eigenvalue weighted by Gasteiger charge is -2.29. The van der Waals surface area contributed by atoms with Crippen LogP contribution in [0, 0.1) is 11.8 Å². The second-order valence-corrected chi connectivity index (χ2v) is 8.71. The molecule has 2 fully saturated rings. The first kappa shape index (κ1) is 19.1. The highest BCUT2D eigenvalue weighted by molar-refractivity contribution is 6.07. The Morgan fingerprint density at radius 2 is 1.81 bits per heavy atom. The number of pyridine rings is 2. The third kappa shape index (κ3) is 3.17. The predicted molar refractivity (Wildman–Crippen MR) is 125 cm³/mol. The number of benzene rings is 2. The van der Waals surface area contributed by atoms with Crippen LogP contribution in [0.3, 0.4) is 0 Å². The Labute approximate surface area is 187 Å². The summed E-state index contributed by atoms with van der Waals surface area (Å²) in [6.45, 7) is 2.69. The summed E-state index contributed by atoms with van der Waals surface area (Å²) in [6, 6.07) is 24.3. The second kappa shape index (κ2) is 7.84. The molecule has 5 nitrogen and oxygen atoms in total. The van der Waals surface area contributed by atoms with Gasteiger partial charge in [-0.25, -0.2) is 4.98 Å². The molecule has 1 amide bonds. The molecule has 2 aliphatic heterocycles. The molecular weight excluding hydrogens is 396 g/mol. The number of fused-ring (bicyclic) bond motifs is 2. The van der Waals surface area contributed by atoms with Gasteiger partial charge in [-0.05, 0) is 35.7 Å². The smallest absolute Gasteiger partial charge is 0.255 e. The number of amides is 1. The fourth-order valence-electron chi connectivity index (χ4n) is 5.38. The molecule has 0 spiro atoms. The van der Waals surface area contributed by atoms with Crippen LogP contribution < -0.4 is 5.32 Å². The SMILES string of the molecule is O=C(c1cc(-c2cccnc2)nc2ccccc12)N1C[C@@H]2CNC[C@@H]2[C@@H]1c1ccccc1. The highest BCUT2D eigenvalue weighted by Gasteiger charge is 2.47. The van der Waals surface area contributed by atoms with Crippen LogP contribution in [0.2, 0.25) is 0 Å². The second-order valence-electron chi connectivity index (χ2n) is 8.71. The molecule has 4 heterocycles. The van der Waals surface area contributed by atoms with Gasteiger partial charge in [-0.1, -0.05) is 48.5 Å². The van der Waals surface area contributed by atoms with Gasteiger partial charge >= 0.3 is 0 Å². The number of aromatic nitrogens is 2. The summed E-state index contributed by atoms with van der Waals surface area (Å²) < 4.78 is 0. The Bertz CT molecular complexity index is 1270. The average Bonchev–Trinajstić information content (AvgIpc) is 3.45. The summed E-state index contributed by atoms with van der Waals surface area (Å²) in [5, 5.41) is 4.42. The Morgan fingerprint density at radius 3 is 2.66 bits per heavy atom. The molecule has 32 heavy (non-hydrogen) atoms. The number of para-hydroxylation sites is 1. The van der Waals surface area contributed by atoms with Gasteiger partial charge in [0.2, 0.25) is 0 Å². The third-order valence-corrected chi connectivity index (χ3v) is 6.87. The van der Waals surface area contributed by atoms with Crippen molar-refractivity contribution >= 4 is 16.8 Å². The van der Waals surface area contributed by atoms with Crippen molar-refractivity contribution in [2.24, 2.45) is 11.8 Å². The number of nitrogens with one attached hydrogen (secondary N) is 1. The minimum Gasteiger partial charge on any atom is -0.331 e. The zero-order valence-corrected chi connectivity index (χ0v) is 17.7. The van der Waals surface area contributed by atoms with Crippen LogP contribution in [0.1, 0.15) is 22.0 Å². The molecule has 5 heteroatoms. The molecule has 4 aromatic rings. The van der Waals surface area contributed by atoms with Gasteiger partial charge in [-0.2, -0.15) is 0 Å².